The van der Waals surface area contributed by atoms with Gasteiger partial charge in [-0.3, -0.25) is 4.79 Å². The number of carbonyl (C=O) groups excluding carboxylic acids is 1. The molecule has 2 aromatic heterocycles. The molecule has 0 aliphatic rings. The van der Waals surface area contributed by atoms with E-state index in [4.69, 9.17) is 16.0 Å². The van der Waals surface area contributed by atoms with Crippen molar-refractivity contribution in [2.75, 3.05) is 10.6 Å². The number of benzene rings is 1. The summed E-state index contributed by atoms with van der Waals surface area (Å²) >= 11 is 5.97. The highest BCUT2D eigenvalue weighted by Crippen LogP contribution is 2.20. The molecule has 1 aromatic carbocycles. The van der Waals surface area contributed by atoms with E-state index >= 15 is 0 Å². The second kappa shape index (κ2) is 7.14. The SMILES string of the molecule is Cc1ccc(Cl)cc1NC(=O)c1ccnc(NCc2ccco2)n1. The number of anilines is 2. The van der Waals surface area contributed by atoms with Crippen LogP contribution < -0.4 is 10.6 Å². The largest absolute Gasteiger partial charge is 0.467 e. The summed E-state index contributed by atoms with van der Waals surface area (Å²) < 4.78 is 5.23. The van der Waals surface area contributed by atoms with Crippen LogP contribution in [0.3, 0.4) is 0 Å². The minimum absolute atomic E-state index is 0.256. The van der Waals surface area contributed by atoms with Crippen LogP contribution in [0.15, 0.2) is 53.3 Å². The number of rotatable bonds is 5. The van der Waals surface area contributed by atoms with E-state index in [-0.39, 0.29) is 11.6 Å². The predicted molar refractivity (Wildman–Crippen MR) is 92.2 cm³/mol. The Labute approximate surface area is 143 Å². The van der Waals surface area contributed by atoms with Gasteiger partial charge in [0, 0.05) is 16.9 Å². The van der Waals surface area contributed by atoms with E-state index in [1.54, 1.807) is 30.5 Å². The molecule has 2 N–H and O–H groups in total. The molecule has 7 heteroatoms. The molecule has 0 unspecified atom stereocenters. The first-order valence-electron chi connectivity index (χ1n) is 7.28. The molecule has 0 fully saturated rings. The van der Waals surface area contributed by atoms with Crippen LogP contribution in [0.4, 0.5) is 11.6 Å². The lowest BCUT2D eigenvalue weighted by atomic mass is 10.2. The number of aryl methyl sites for hydroxylation is 1. The maximum Gasteiger partial charge on any atom is 0.274 e. The fourth-order valence-corrected chi connectivity index (χ4v) is 2.24. The molecule has 0 atom stereocenters. The molecule has 3 rings (SSSR count). The summed E-state index contributed by atoms with van der Waals surface area (Å²) in [4.78, 5) is 20.7. The number of halogens is 1. The van der Waals surface area contributed by atoms with Crippen molar-refractivity contribution in [3.8, 4) is 0 Å². The number of amides is 1. The van der Waals surface area contributed by atoms with Gasteiger partial charge >= 0.3 is 0 Å². The van der Waals surface area contributed by atoms with Gasteiger partial charge in [-0.05, 0) is 42.8 Å². The third-order valence-electron chi connectivity index (χ3n) is 3.34. The van der Waals surface area contributed by atoms with Crippen molar-refractivity contribution in [1.82, 2.24) is 9.97 Å². The molecular weight excluding hydrogens is 328 g/mol. The van der Waals surface area contributed by atoms with Crippen molar-refractivity contribution in [2.45, 2.75) is 13.5 Å². The average molecular weight is 343 g/mol. The van der Waals surface area contributed by atoms with Crippen LogP contribution in [0.25, 0.3) is 0 Å². The summed E-state index contributed by atoms with van der Waals surface area (Å²) in [5.74, 6) is 0.772. The smallest absolute Gasteiger partial charge is 0.274 e. The normalized spacial score (nSPS) is 10.4. The van der Waals surface area contributed by atoms with Crippen LogP contribution in [-0.4, -0.2) is 15.9 Å². The number of hydrogen-bond acceptors (Lipinski definition) is 5. The van der Waals surface area contributed by atoms with Gasteiger partial charge in [-0.2, -0.15) is 0 Å². The lowest BCUT2D eigenvalue weighted by Gasteiger charge is -2.09. The van der Waals surface area contributed by atoms with E-state index in [0.29, 0.717) is 23.2 Å². The van der Waals surface area contributed by atoms with Gasteiger partial charge in [0.15, 0.2) is 0 Å². The molecular formula is C17H15ClN4O2. The highest BCUT2D eigenvalue weighted by Gasteiger charge is 2.11. The summed E-state index contributed by atoms with van der Waals surface area (Å²) in [7, 11) is 0. The fourth-order valence-electron chi connectivity index (χ4n) is 2.06. The van der Waals surface area contributed by atoms with Crippen molar-refractivity contribution in [2.24, 2.45) is 0 Å². The van der Waals surface area contributed by atoms with Crippen LogP contribution >= 0.6 is 11.6 Å². The standard InChI is InChI=1S/C17H15ClN4O2/c1-11-4-5-12(18)9-15(11)21-16(23)14-6-7-19-17(22-14)20-10-13-3-2-8-24-13/h2-9H,10H2,1H3,(H,21,23)(H,19,20,22). The fraction of sp³-hybridized carbons (Fsp3) is 0.118. The van der Waals surface area contributed by atoms with E-state index in [9.17, 15) is 4.79 Å². The molecule has 122 valence electrons. The van der Waals surface area contributed by atoms with Gasteiger partial charge in [-0.15, -0.1) is 0 Å². The Balaban J connectivity index is 1.70. The second-order valence-electron chi connectivity index (χ2n) is 5.11. The Morgan fingerprint density at radius 2 is 2.17 bits per heavy atom. The first-order valence-corrected chi connectivity index (χ1v) is 7.66. The van der Waals surface area contributed by atoms with Crippen LogP contribution in [0, 0.1) is 6.92 Å². The van der Waals surface area contributed by atoms with Crippen LogP contribution in [0.1, 0.15) is 21.8 Å². The molecule has 0 bridgehead atoms. The van der Waals surface area contributed by atoms with Crippen molar-refractivity contribution in [1.29, 1.82) is 0 Å². The van der Waals surface area contributed by atoms with Crippen molar-refractivity contribution >= 4 is 29.1 Å². The first-order chi connectivity index (χ1) is 11.6. The van der Waals surface area contributed by atoms with Gasteiger partial charge < -0.3 is 15.1 Å². The summed E-state index contributed by atoms with van der Waals surface area (Å²) in [6.07, 6.45) is 3.12. The molecule has 0 aliphatic heterocycles. The molecule has 6 nitrogen and oxygen atoms in total. The maximum atomic E-state index is 12.4. The summed E-state index contributed by atoms with van der Waals surface area (Å²) in [5, 5.41) is 6.37. The van der Waals surface area contributed by atoms with E-state index in [1.165, 1.54) is 6.20 Å². The van der Waals surface area contributed by atoms with Crippen molar-refractivity contribution < 1.29 is 9.21 Å². The molecule has 0 radical (unpaired) electrons. The molecule has 0 aliphatic carbocycles. The quantitative estimate of drug-likeness (QED) is 0.735. The zero-order valence-electron chi connectivity index (χ0n) is 12.9. The van der Waals surface area contributed by atoms with Gasteiger partial charge in [0.2, 0.25) is 5.95 Å². The summed E-state index contributed by atoms with van der Waals surface area (Å²) in [6.45, 7) is 2.33. The monoisotopic (exact) mass is 342 g/mol. The van der Waals surface area contributed by atoms with Gasteiger partial charge in [0.05, 0.1) is 12.8 Å². The predicted octanol–water partition coefficient (Wildman–Crippen LogP) is 3.90. The Kier molecular flexibility index (Phi) is 4.77. The number of nitrogens with zero attached hydrogens (tertiary/aromatic N) is 2. The third kappa shape index (κ3) is 3.91. The van der Waals surface area contributed by atoms with Gasteiger partial charge in [-0.25, -0.2) is 9.97 Å². The van der Waals surface area contributed by atoms with E-state index < -0.39 is 0 Å². The molecule has 2 heterocycles. The van der Waals surface area contributed by atoms with E-state index in [1.807, 2.05) is 19.1 Å². The third-order valence-corrected chi connectivity index (χ3v) is 3.57. The summed E-state index contributed by atoms with van der Waals surface area (Å²) in [5.41, 5.74) is 1.82. The van der Waals surface area contributed by atoms with Crippen LogP contribution in [-0.2, 0) is 6.54 Å². The van der Waals surface area contributed by atoms with Gasteiger partial charge in [0.1, 0.15) is 11.5 Å². The Morgan fingerprint density at radius 3 is 2.96 bits per heavy atom. The molecule has 0 saturated heterocycles. The first kappa shape index (κ1) is 16.0. The molecule has 0 saturated carbocycles. The minimum Gasteiger partial charge on any atom is -0.467 e. The maximum absolute atomic E-state index is 12.4. The van der Waals surface area contributed by atoms with Crippen LogP contribution in [0.2, 0.25) is 5.02 Å². The summed E-state index contributed by atoms with van der Waals surface area (Å²) in [6, 6.07) is 10.5. The van der Waals surface area contributed by atoms with Crippen LogP contribution in [0.5, 0.6) is 0 Å². The van der Waals surface area contributed by atoms with Crippen molar-refractivity contribution in [3.63, 3.8) is 0 Å². The van der Waals surface area contributed by atoms with Gasteiger partial charge in [-0.1, -0.05) is 17.7 Å². The number of carbonyl (C=O) groups is 1. The number of nitrogens with one attached hydrogen (secondary N) is 2. The Morgan fingerprint density at radius 1 is 1.29 bits per heavy atom. The number of aromatic nitrogens is 2. The zero-order valence-corrected chi connectivity index (χ0v) is 13.7. The zero-order chi connectivity index (χ0) is 16.9. The molecule has 24 heavy (non-hydrogen) atoms. The van der Waals surface area contributed by atoms with E-state index in [0.717, 1.165) is 11.3 Å². The average Bonchev–Trinajstić information content (AvgIpc) is 3.10. The van der Waals surface area contributed by atoms with Gasteiger partial charge in [0.25, 0.3) is 5.91 Å². The van der Waals surface area contributed by atoms with Crippen molar-refractivity contribution in [3.05, 3.63) is 70.9 Å². The Hall–Kier alpha value is -2.86. The number of hydrogen-bond donors (Lipinski definition) is 2. The lowest BCUT2D eigenvalue weighted by molar-refractivity contribution is 0.102. The lowest BCUT2D eigenvalue weighted by Crippen LogP contribution is -2.16. The highest BCUT2D eigenvalue weighted by atomic mass is 35.5. The molecule has 0 spiro atoms. The topological polar surface area (TPSA) is 80.0 Å². The minimum atomic E-state index is -0.330. The van der Waals surface area contributed by atoms with E-state index in [2.05, 4.69) is 20.6 Å². The number of furan rings is 1. The molecule has 1 amide bonds. The second-order valence-corrected chi connectivity index (χ2v) is 5.55. The highest BCUT2D eigenvalue weighted by molar-refractivity contribution is 6.31. The Bertz CT molecular complexity index is 850. The molecule has 3 aromatic rings.